The SMILES string of the molecule is CC1CCN(c2ccccc2/C=C/C(=O)O)CC1. The maximum absolute atomic E-state index is 10.6. The molecule has 0 amide bonds. The van der Waals surface area contributed by atoms with Crippen LogP contribution in [0, 0.1) is 5.92 Å². The standard InChI is InChI=1S/C15H19NO2/c1-12-8-10-16(11-9-12)14-5-3-2-4-13(14)6-7-15(17)18/h2-7,12H,8-11H2,1H3,(H,17,18)/b7-6+. The first-order valence-electron chi connectivity index (χ1n) is 6.42. The van der Waals surface area contributed by atoms with Crippen molar-refractivity contribution in [3.63, 3.8) is 0 Å². The Balaban J connectivity index is 2.19. The second kappa shape index (κ2) is 5.71. The molecule has 0 aromatic heterocycles. The number of carboxylic acid groups (broad SMARTS) is 1. The molecule has 0 saturated carbocycles. The van der Waals surface area contributed by atoms with E-state index in [0.717, 1.165) is 30.3 Å². The summed E-state index contributed by atoms with van der Waals surface area (Å²) in [5.74, 6) is -0.111. The van der Waals surface area contributed by atoms with Crippen molar-refractivity contribution >= 4 is 17.7 Å². The summed E-state index contributed by atoms with van der Waals surface area (Å²) in [5, 5.41) is 8.71. The molecule has 0 radical (unpaired) electrons. The minimum Gasteiger partial charge on any atom is -0.478 e. The molecule has 2 rings (SSSR count). The van der Waals surface area contributed by atoms with E-state index >= 15 is 0 Å². The van der Waals surface area contributed by atoms with Crippen LogP contribution in [0.3, 0.4) is 0 Å². The second-order valence-electron chi connectivity index (χ2n) is 4.90. The van der Waals surface area contributed by atoms with Crippen LogP contribution < -0.4 is 4.90 Å². The van der Waals surface area contributed by atoms with Gasteiger partial charge in [0.1, 0.15) is 0 Å². The monoisotopic (exact) mass is 245 g/mol. The zero-order chi connectivity index (χ0) is 13.0. The third kappa shape index (κ3) is 3.13. The van der Waals surface area contributed by atoms with Gasteiger partial charge in [0.05, 0.1) is 0 Å². The van der Waals surface area contributed by atoms with E-state index in [4.69, 9.17) is 5.11 Å². The van der Waals surface area contributed by atoms with Gasteiger partial charge < -0.3 is 10.0 Å². The Morgan fingerprint density at radius 3 is 2.67 bits per heavy atom. The molecular formula is C15H19NO2. The molecule has 18 heavy (non-hydrogen) atoms. The lowest BCUT2D eigenvalue weighted by atomic mass is 9.98. The number of carboxylic acids is 1. The average Bonchev–Trinajstić information content (AvgIpc) is 2.38. The fourth-order valence-corrected chi connectivity index (χ4v) is 2.33. The molecule has 0 spiro atoms. The molecule has 1 saturated heterocycles. The highest BCUT2D eigenvalue weighted by molar-refractivity contribution is 5.87. The summed E-state index contributed by atoms with van der Waals surface area (Å²) in [6, 6.07) is 7.98. The normalized spacial score (nSPS) is 17.3. The molecule has 1 aliphatic rings. The lowest BCUT2D eigenvalue weighted by molar-refractivity contribution is -0.131. The summed E-state index contributed by atoms with van der Waals surface area (Å²) >= 11 is 0. The van der Waals surface area contributed by atoms with Gasteiger partial charge in [0.25, 0.3) is 0 Å². The van der Waals surface area contributed by atoms with Crippen molar-refractivity contribution in [2.45, 2.75) is 19.8 Å². The minimum atomic E-state index is -0.905. The lowest BCUT2D eigenvalue weighted by Gasteiger charge is -2.33. The van der Waals surface area contributed by atoms with Crippen molar-refractivity contribution in [2.24, 2.45) is 5.92 Å². The van der Waals surface area contributed by atoms with Gasteiger partial charge in [-0.1, -0.05) is 25.1 Å². The third-order valence-corrected chi connectivity index (χ3v) is 3.47. The number of hydrogen-bond donors (Lipinski definition) is 1. The van der Waals surface area contributed by atoms with Crippen molar-refractivity contribution in [1.82, 2.24) is 0 Å². The average molecular weight is 245 g/mol. The summed E-state index contributed by atoms with van der Waals surface area (Å²) < 4.78 is 0. The Bertz CT molecular complexity index is 446. The van der Waals surface area contributed by atoms with Gasteiger partial charge in [-0.3, -0.25) is 0 Å². The maximum Gasteiger partial charge on any atom is 0.328 e. The van der Waals surface area contributed by atoms with Gasteiger partial charge in [0.2, 0.25) is 0 Å². The van der Waals surface area contributed by atoms with Crippen LogP contribution in [0.5, 0.6) is 0 Å². The Labute approximate surface area is 108 Å². The van der Waals surface area contributed by atoms with Gasteiger partial charge in [-0.2, -0.15) is 0 Å². The van der Waals surface area contributed by atoms with Gasteiger partial charge in [-0.25, -0.2) is 4.79 Å². The summed E-state index contributed by atoms with van der Waals surface area (Å²) in [4.78, 5) is 13.0. The van der Waals surface area contributed by atoms with E-state index in [2.05, 4.69) is 17.9 Å². The fraction of sp³-hybridized carbons (Fsp3) is 0.400. The molecule has 1 fully saturated rings. The molecule has 0 bridgehead atoms. The summed E-state index contributed by atoms with van der Waals surface area (Å²) in [6.45, 7) is 4.39. The van der Waals surface area contributed by atoms with Crippen LogP contribution in [0.1, 0.15) is 25.3 Å². The minimum absolute atomic E-state index is 0.794. The summed E-state index contributed by atoms with van der Waals surface area (Å²) in [6.07, 6.45) is 5.29. The van der Waals surface area contributed by atoms with Crippen LogP contribution in [0.15, 0.2) is 30.3 Å². The molecule has 0 unspecified atom stereocenters. The van der Waals surface area contributed by atoms with Gasteiger partial charge in [-0.15, -0.1) is 0 Å². The quantitative estimate of drug-likeness (QED) is 0.832. The van der Waals surface area contributed by atoms with E-state index in [1.165, 1.54) is 18.9 Å². The number of para-hydroxylation sites is 1. The topological polar surface area (TPSA) is 40.5 Å². The molecule has 1 aromatic carbocycles. The number of piperidine rings is 1. The van der Waals surface area contributed by atoms with Gasteiger partial charge in [0, 0.05) is 24.9 Å². The fourth-order valence-electron chi connectivity index (χ4n) is 2.33. The number of benzene rings is 1. The van der Waals surface area contributed by atoms with Gasteiger partial charge in [-0.05, 0) is 36.5 Å². The first kappa shape index (κ1) is 12.7. The number of nitrogens with zero attached hydrogens (tertiary/aromatic N) is 1. The van der Waals surface area contributed by atoms with Crippen LogP contribution in [-0.4, -0.2) is 24.2 Å². The number of aliphatic carboxylic acids is 1. The predicted molar refractivity (Wildman–Crippen MR) is 73.7 cm³/mol. The summed E-state index contributed by atoms with van der Waals surface area (Å²) in [5.41, 5.74) is 2.12. The van der Waals surface area contributed by atoms with Crippen molar-refractivity contribution in [1.29, 1.82) is 0 Å². The highest BCUT2D eigenvalue weighted by Gasteiger charge is 2.17. The Hall–Kier alpha value is -1.77. The van der Waals surface area contributed by atoms with E-state index in [1.807, 2.05) is 18.2 Å². The van der Waals surface area contributed by atoms with E-state index in [9.17, 15) is 4.79 Å². The largest absolute Gasteiger partial charge is 0.478 e. The van der Waals surface area contributed by atoms with Crippen LogP contribution in [0.25, 0.3) is 6.08 Å². The second-order valence-corrected chi connectivity index (χ2v) is 4.90. The Kier molecular flexibility index (Phi) is 4.03. The highest BCUT2D eigenvalue weighted by Crippen LogP contribution is 2.26. The molecular weight excluding hydrogens is 226 g/mol. The molecule has 0 atom stereocenters. The third-order valence-electron chi connectivity index (χ3n) is 3.47. The maximum atomic E-state index is 10.6. The Morgan fingerprint density at radius 2 is 2.00 bits per heavy atom. The van der Waals surface area contributed by atoms with Crippen molar-refractivity contribution in [3.8, 4) is 0 Å². The molecule has 0 aliphatic carbocycles. The molecule has 96 valence electrons. The van der Waals surface area contributed by atoms with Crippen LogP contribution in [0.4, 0.5) is 5.69 Å². The van der Waals surface area contributed by atoms with Crippen molar-refractivity contribution in [2.75, 3.05) is 18.0 Å². The molecule has 1 N–H and O–H groups in total. The van der Waals surface area contributed by atoms with Gasteiger partial charge in [0.15, 0.2) is 0 Å². The van der Waals surface area contributed by atoms with Crippen molar-refractivity contribution in [3.05, 3.63) is 35.9 Å². The number of anilines is 1. The van der Waals surface area contributed by atoms with Gasteiger partial charge >= 0.3 is 5.97 Å². The predicted octanol–water partition coefficient (Wildman–Crippen LogP) is 3.02. The van der Waals surface area contributed by atoms with E-state index in [-0.39, 0.29) is 0 Å². The smallest absolute Gasteiger partial charge is 0.328 e. The number of hydrogen-bond acceptors (Lipinski definition) is 2. The van der Waals surface area contributed by atoms with E-state index in [0.29, 0.717) is 0 Å². The number of carbonyl (C=O) groups is 1. The molecule has 1 aromatic rings. The zero-order valence-corrected chi connectivity index (χ0v) is 10.7. The van der Waals surface area contributed by atoms with E-state index in [1.54, 1.807) is 6.08 Å². The van der Waals surface area contributed by atoms with Crippen molar-refractivity contribution < 1.29 is 9.90 Å². The first-order valence-corrected chi connectivity index (χ1v) is 6.42. The number of rotatable bonds is 3. The van der Waals surface area contributed by atoms with E-state index < -0.39 is 5.97 Å². The highest BCUT2D eigenvalue weighted by atomic mass is 16.4. The molecule has 3 nitrogen and oxygen atoms in total. The molecule has 3 heteroatoms. The summed E-state index contributed by atoms with van der Waals surface area (Å²) in [7, 11) is 0. The lowest BCUT2D eigenvalue weighted by Crippen LogP contribution is -2.33. The zero-order valence-electron chi connectivity index (χ0n) is 10.7. The first-order chi connectivity index (χ1) is 8.66. The molecule has 1 heterocycles. The molecule has 1 aliphatic heterocycles. The van der Waals surface area contributed by atoms with Crippen LogP contribution in [-0.2, 0) is 4.79 Å². The van der Waals surface area contributed by atoms with Crippen LogP contribution >= 0.6 is 0 Å². The Morgan fingerprint density at radius 1 is 1.33 bits per heavy atom. The van der Waals surface area contributed by atoms with Crippen LogP contribution in [0.2, 0.25) is 0 Å².